The summed E-state index contributed by atoms with van der Waals surface area (Å²) in [5.74, 6) is 5.48. The highest BCUT2D eigenvalue weighted by atomic mass is 16.6. The van der Waals surface area contributed by atoms with Crippen molar-refractivity contribution in [3.63, 3.8) is 0 Å². The molecule has 1 heterocycles. The maximum absolute atomic E-state index is 12.5. The number of carbonyl (C=O) groups is 2. The summed E-state index contributed by atoms with van der Waals surface area (Å²) in [6, 6.07) is 16.9. The summed E-state index contributed by atoms with van der Waals surface area (Å²) in [5, 5.41) is 16.3. The second-order valence-corrected chi connectivity index (χ2v) is 7.83. The summed E-state index contributed by atoms with van der Waals surface area (Å²) in [6.07, 6.45) is 1.89. The Labute approximate surface area is 186 Å². The molecule has 1 saturated carbocycles. The Morgan fingerprint density at radius 1 is 1.16 bits per heavy atom. The van der Waals surface area contributed by atoms with Gasteiger partial charge >= 0.3 is 12.1 Å². The molecule has 1 amide bonds. The minimum Gasteiger partial charge on any atom is -0.480 e. The van der Waals surface area contributed by atoms with Gasteiger partial charge in [0, 0.05) is 18.2 Å². The fourth-order valence-electron chi connectivity index (χ4n) is 3.32. The van der Waals surface area contributed by atoms with Crippen LogP contribution in [0.1, 0.15) is 37.0 Å². The molecular formula is C25H23N3O4. The lowest BCUT2D eigenvalue weighted by Crippen LogP contribution is -2.18. The van der Waals surface area contributed by atoms with Crippen LogP contribution in [-0.4, -0.2) is 26.9 Å². The van der Waals surface area contributed by atoms with Crippen molar-refractivity contribution in [1.29, 1.82) is 0 Å². The Kier molecular flexibility index (Phi) is 5.69. The van der Waals surface area contributed by atoms with Gasteiger partial charge in [0.1, 0.15) is 17.3 Å². The average molecular weight is 429 g/mol. The van der Waals surface area contributed by atoms with Crippen LogP contribution in [0, 0.1) is 17.3 Å². The van der Waals surface area contributed by atoms with E-state index in [1.54, 1.807) is 17.9 Å². The Morgan fingerprint density at radius 2 is 1.84 bits per heavy atom. The second-order valence-electron chi connectivity index (χ2n) is 7.83. The smallest absolute Gasteiger partial charge is 0.413 e. The van der Waals surface area contributed by atoms with Crippen LogP contribution in [0.2, 0.25) is 0 Å². The lowest BCUT2D eigenvalue weighted by Gasteiger charge is -2.15. The molecule has 2 N–H and O–H groups in total. The standard InChI is InChI=1S/C25H23N3O4/c1-17(19-6-4-3-5-7-19)32-24(31)27-22-21(16-26-28(22)2)20-10-8-18(9-11-20)12-13-25(14-15-25)23(29)30/h3-11,16-17H,14-15H2,1-2H3,(H,27,31)(H,29,30). The quantitative estimate of drug-likeness (QED) is 0.578. The Bertz CT molecular complexity index is 1200. The molecule has 1 aromatic heterocycles. The topological polar surface area (TPSA) is 93.4 Å². The summed E-state index contributed by atoms with van der Waals surface area (Å²) in [4.78, 5) is 23.7. The van der Waals surface area contributed by atoms with Gasteiger partial charge in [-0.3, -0.25) is 14.8 Å². The average Bonchev–Trinajstić information content (AvgIpc) is 3.52. The zero-order valence-electron chi connectivity index (χ0n) is 17.8. The number of aryl methyl sites for hydroxylation is 1. The van der Waals surface area contributed by atoms with Crippen molar-refractivity contribution >= 4 is 17.9 Å². The molecule has 0 aliphatic heterocycles. The molecule has 7 heteroatoms. The maximum atomic E-state index is 12.5. The largest absolute Gasteiger partial charge is 0.480 e. The number of benzene rings is 2. The number of anilines is 1. The van der Waals surface area contributed by atoms with E-state index in [-0.39, 0.29) is 0 Å². The number of ether oxygens (including phenoxy) is 1. The molecule has 0 saturated heterocycles. The Balaban J connectivity index is 1.47. The summed E-state index contributed by atoms with van der Waals surface area (Å²) in [5.41, 5.74) is 2.34. The zero-order chi connectivity index (χ0) is 22.7. The third kappa shape index (κ3) is 4.49. The lowest BCUT2D eigenvalue weighted by atomic mass is 10.0. The van der Waals surface area contributed by atoms with Crippen LogP contribution in [0.15, 0.2) is 60.8 Å². The van der Waals surface area contributed by atoms with Crippen molar-refractivity contribution in [2.24, 2.45) is 12.5 Å². The number of nitrogens with zero attached hydrogens (tertiary/aromatic N) is 2. The first-order chi connectivity index (χ1) is 15.4. The first-order valence-corrected chi connectivity index (χ1v) is 10.3. The van der Waals surface area contributed by atoms with E-state index in [1.807, 2.05) is 61.5 Å². The molecule has 3 aromatic rings. The van der Waals surface area contributed by atoms with E-state index in [2.05, 4.69) is 22.3 Å². The number of carbonyl (C=O) groups excluding carboxylic acids is 1. The predicted molar refractivity (Wildman–Crippen MR) is 120 cm³/mol. The molecular weight excluding hydrogens is 406 g/mol. The normalized spacial score (nSPS) is 14.6. The van der Waals surface area contributed by atoms with Gasteiger partial charge in [-0.2, -0.15) is 5.10 Å². The fraction of sp³-hybridized carbons (Fsp3) is 0.240. The van der Waals surface area contributed by atoms with Gasteiger partial charge in [0.05, 0.1) is 6.20 Å². The van der Waals surface area contributed by atoms with E-state index in [0.717, 1.165) is 22.3 Å². The number of aromatic nitrogens is 2. The first kappa shape index (κ1) is 21.2. The van der Waals surface area contributed by atoms with Gasteiger partial charge in [-0.05, 0) is 43.0 Å². The summed E-state index contributed by atoms with van der Waals surface area (Å²) in [6.45, 7) is 1.81. The molecule has 32 heavy (non-hydrogen) atoms. The van der Waals surface area contributed by atoms with Gasteiger partial charge in [0.25, 0.3) is 0 Å². The summed E-state index contributed by atoms with van der Waals surface area (Å²) in [7, 11) is 1.74. The molecule has 1 unspecified atom stereocenters. The van der Waals surface area contributed by atoms with Gasteiger partial charge in [-0.15, -0.1) is 0 Å². The van der Waals surface area contributed by atoms with Crippen LogP contribution in [0.4, 0.5) is 10.6 Å². The van der Waals surface area contributed by atoms with Crippen molar-refractivity contribution in [2.45, 2.75) is 25.9 Å². The van der Waals surface area contributed by atoms with E-state index in [0.29, 0.717) is 18.7 Å². The molecule has 0 bridgehead atoms. The fourth-order valence-corrected chi connectivity index (χ4v) is 3.32. The molecule has 7 nitrogen and oxygen atoms in total. The van der Waals surface area contributed by atoms with Crippen molar-refractivity contribution in [1.82, 2.24) is 9.78 Å². The van der Waals surface area contributed by atoms with Gasteiger partial charge < -0.3 is 9.84 Å². The molecule has 1 atom stereocenters. The highest BCUT2D eigenvalue weighted by molar-refractivity contribution is 5.90. The number of hydrogen-bond donors (Lipinski definition) is 2. The number of rotatable bonds is 5. The number of aliphatic carboxylic acids is 1. The molecule has 0 spiro atoms. The van der Waals surface area contributed by atoms with Crippen LogP contribution < -0.4 is 5.32 Å². The van der Waals surface area contributed by atoms with E-state index in [1.165, 1.54) is 0 Å². The lowest BCUT2D eigenvalue weighted by molar-refractivity contribution is -0.141. The Hall–Kier alpha value is -4.05. The zero-order valence-corrected chi connectivity index (χ0v) is 17.8. The maximum Gasteiger partial charge on any atom is 0.413 e. The van der Waals surface area contributed by atoms with Crippen LogP contribution in [-0.2, 0) is 16.6 Å². The summed E-state index contributed by atoms with van der Waals surface area (Å²) < 4.78 is 7.08. The minimum absolute atomic E-state index is 0.397. The van der Waals surface area contributed by atoms with Gasteiger partial charge in [-0.25, -0.2) is 4.79 Å². The number of hydrogen-bond acceptors (Lipinski definition) is 4. The molecule has 1 aliphatic rings. The highest BCUT2D eigenvalue weighted by Gasteiger charge is 2.49. The molecule has 162 valence electrons. The molecule has 1 fully saturated rings. The van der Waals surface area contributed by atoms with Crippen molar-refractivity contribution in [3.8, 4) is 23.0 Å². The van der Waals surface area contributed by atoms with Gasteiger partial charge in [0.15, 0.2) is 0 Å². The van der Waals surface area contributed by atoms with Crippen LogP contribution in [0.25, 0.3) is 11.1 Å². The van der Waals surface area contributed by atoms with Crippen molar-refractivity contribution < 1.29 is 19.4 Å². The van der Waals surface area contributed by atoms with Gasteiger partial charge in [-0.1, -0.05) is 54.3 Å². The van der Waals surface area contributed by atoms with Crippen LogP contribution in [0.5, 0.6) is 0 Å². The Morgan fingerprint density at radius 3 is 2.47 bits per heavy atom. The number of carboxylic acids is 1. The molecule has 1 aliphatic carbocycles. The van der Waals surface area contributed by atoms with Crippen LogP contribution in [0.3, 0.4) is 0 Å². The van der Waals surface area contributed by atoms with E-state index in [9.17, 15) is 14.7 Å². The van der Waals surface area contributed by atoms with Crippen molar-refractivity contribution in [2.75, 3.05) is 5.32 Å². The van der Waals surface area contributed by atoms with E-state index >= 15 is 0 Å². The molecule has 0 radical (unpaired) electrons. The van der Waals surface area contributed by atoms with Crippen molar-refractivity contribution in [3.05, 3.63) is 71.9 Å². The number of nitrogens with one attached hydrogen (secondary N) is 1. The first-order valence-electron chi connectivity index (χ1n) is 10.3. The molecule has 2 aromatic carbocycles. The van der Waals surface area contributed by atoms with E-state index in [4.69, 9.17) is 4.74 Å². The number of carboxylic acid groups (broad SMARTS) is 1. The highest BCUT2D eigenvalue weighted by Crippen LogP contribution is 2.45. The minimum atomic E-state index is -0.879. The number of amides is 1. The SMILES string of the molecule is CC(OC(=O)Nc1c(-c2ccc(C#CC3(C(=O)O)CC3)cc2)cnn1C)c1ccccc1. The third-order valence-corrected chi connectivity index (χ3v) is 5.51. The van der Waals surface area contributed by atoms with Crippen LogP contribution >= 0.6 is 0 Å². The molecule has 4 rings (SSSR count). The van der Waals surface area contributed by atoms with Gasteiger partial charge in [0.2, 0.25) is 0 Å². The second kappa shape index (κ2) is 8.60. The monoisotopic (exact) mass is 429 g/mol. The third-order valence-electron chi connectivity index (χ3n) is 5.51. The summed E-state index contributed by atoms with van der Waals surface area (Å²) >= 11 is 0. The van der Waals surface area contributed by atoms with E-state index < -0.39 is 23.6 Å². The predicted octanol–water partition coefficient (Wildman–Crippen LogP) is 4.61.